The molecule has 1 aromatic carbocycles. The summed E-state index contributed by atoms with van der Waals surface area (Å²) in [5.74, 6) is 0.291. The molecule has 0 fully saturated rings. The van der Waals surface area contributed by atoms with Crippen molar-refractivity contribution in [1.82, 2.24) is 10.2 Å². The molecule has 0 bridgehead atoms. The number of aryl methyl sites for hydroxylation is 1. The fourth-order valence-corrected chi connectivity index (χ4v) is 1.21. The van der Waals surface area contributed by atoms with E-state index in [1.54, 1.807) is 12.3 Å². The molecule has 0 spiro atoms. The van der Waals surface area contributed by atoms with Crippen LogP contribution in [0, 0.1) is 12.7 Å². The van der Waals surface area contributed by atoms with Gasteiger partial charge in [-0.05, 0) is 24.6 Å². The van der Waals surface area contributed by atoms with Crippen LogP contribution in [0.3, 0.4) is 0 Å². The Morgan fingerprint density at radius 2 is 2.12 bits per heavy atom. The number of ether oxygens (including phenoxy) is 1. The van der Waals surface area contributed by atoms with Gasteiger partial charge in [-0.15, -0.1) is 5.10 Å². The number of rotatable bonds is 2. The predicted octanol–water partition coefficient (Wildman–Crippen LogP) is 2.30. The molecular formula is C11H10FN3O. The summed E-state index contributed by atoms with van der Waals surface area (Å²) < 4.78 is 18.2. The van der Waals surface area contributed by atoms with Gasteiger partial charge < -0.3 is 10.5 Å². The molecule has 5 heteroatoms. The van der Waals surface area contributed by atoms with Gasteiger partial charge in [0.15, 0.2) is 5.75 Å². The number of halogens is 1. The van der Waals surface area contributed by atoms with Gasteiger partial charge in [0.2, 0.25) is 5.88 Å². The van der Waals surface area contributed by atoms with Crippen LogP contribution in [-0.4, -0.2) is 10.2 Å². The highest BCUT2D eigenvalue weighted by molar-refractivity contribution is 5.53. The summed E-state index contributed by atoms with van der Waals surface area (Å²) in [6.45, 7) is 1.87. The SMILES string of the molecule is Cc1cnnc(Oc2ccc(F)cc2N)c1. The van der Waals surface area contributed by atoms with E-state index in [0.29, 0.717) is 11.6 Å². The first-order valence-electron chi connectivity index (χ1n) is 4.67. The third kappa shape index (κ3) is 2.25. The highest BCUT2D eigenvalue weighted by Crippen LogP contribution is 2.26. The van der Waals surface area contributed by atoms with E-state index < -0.39 is 5.82 Å². The fourth-order valence-electron chi connectivity index (χ4n) is 1.21. The summed E-state index contributed by atoms with van der Waals surface area (Å²) in [5.41, 5.74) is 6.74. The number of aromatic nitrogens is 2. The Labute approximate surface area is 91.9 Å². The Balaban J connectivity index is 2.27. The van der Waals surface area contributed by atoms with Gasteiger partial charge in [0.05, 0.1) is 11.9 Å². The molecule has 2 N–H and O–H groups in total. The monoisotopic (exact) mass is 219 g/mol. The van der Waals surface area contributed by atoms with Crippen LogP contribution >= 0.6 is 0 Å². The number of nitrogens with two attached hydrogens (primary N) is 1. The van der Waals surface area contributed by atoms with Crippen LogP contribution in [0.15, 0.2) is 30.5 Å². The zero-order chi connectivity index (χ0) is 11.5. The third-order valence-corrected chi connectivity index (χ3v) is 1.96. The van der Waals surface area contributed by atoms with Crippen LogP contribution in [-0.2, 0) is 0 Å². The average Bonchev–Trinajstić information content (AvgIpc) is 2.22. The van der Waals surface area contributed by atoms with Crippen LogP contribution < -0.4 is 10.5 Å². The number of nitrogens with zero attached hydrogens (tertiary/aromatic N) is 2. The van der Waals surface area contributed by atoms with E-state index in [2.05, 4.69) is 10.2 Å². The molecule has 82 valence electrons. The highest BCUT2D eigenvalue weighted by Gasteiger charge is 2.04. The van der Waals surface area contributed by atoms with Gasteiger partial charge in [-0.2, -0.15) is 5.10 Å². The fraction of sp³-hybridized carbons (Fsp3) is 0.0909. The molecular weight excluding hydrogens is 209 g/mol. The van der Waals surface area contributed by atoms with Crippen LogP contribution in [0.2, 0.25) is 0 Å². The zero-order valence-electron chi connectivity index (χ0n) is 8.64. The third-order valence-electron chi connectivity index (χ3n) is 1.96. The van der Waals surface area contributed by atoms with Crippen molar-refractivity contribution in [1.29, 1.82) is 0 Å². The molecule has 0 aliphatic rings. The van der Waals surface area contributed by atoms with E-state index in [-0.39, 0.29) is 5.69 Å². The van der Waals surface area contributed by atoms with Crippen molar-refractivity contribution in [3.05, 3.63) is 41.8 Å². The average molecular weight is 219 g/mol. The second-order valence-corrected chi connectivity index (χ2v) is 3.36. The molecule has 0 amide bonds. The van der Waals surface area contributed by atoms with Gasteiger partial charge in [0.25, 0.3) is 0 Å². The number of nitrogen functional groups attached to an aromatic ring is 1. The minimum atomic E-state index is -0.403. The highest BCUT2D eigenvalue weighted by atomic mass is 19.1. The molecule has 0 atom stereocenters. The lowest BCUT2D eigenvalue weighted by atomic mass is 10.3. The summed E-state index contributed by atoms with van der Waals surface area (Å²) >= 11 is 0. The van der Waals surface area contributed by atoms with Crippen LogP contribution in [0.5, 0.6) is 11.6 Å². The lowest BCUT2D eigenvalue weighted by Gasteiger charge is -2.06. The van der Waals surface area contributed by atoms with Gasteiger partial charge >= 0.3 is 0 Å². The first-order valence-corrected chi connectivity index (χ1v) is 4.67. The van der Waals surface area contributed by atoms with E-state index in [0.717, 1.165) is 5.56 Å². The maximum Gasteiger partial charge on any atom is 0.239 e. The smallest absolute Gasteiger partial charge is 0.239 e. The lowest BCUT2D eigenvalue weighted by molar-refractivity contribution is 0.455. The number of hydrogen-bond donors (Lipinski definition) is 1. The molecule has 0 aliphatic heterocycles. The standard InChI is InChI=1S/C11H10FN3O/c1-7-4-11(15-14-6-7)16-10-3-2-8(12)5-9(10)13/h2-6H,13H2,1H3. The van der Waals surface area contributed by atoms with Crippen molar-refractivity contribution in [2.24, 2.45) is 0 Å². The Morgan fingerprint density at radius 3 is 2.81 bits per heavy atom. The molecule has 0 saturated carbocycles. The quantitative estimate of drug-likeness (QED) is 0.787. The maximum absolute atomic E-state index is 12.8. The largest absolute Gasteiger partial charge is 0.435 e. The van der Waals surface area contributed by atoms with Crippen molar-refractivity contribution >= 4 is 5.69 Å². The Morgan fingerprint density at radius 1 is 1.31 bits per heavy atom. The predicted molar refractivity (Wildman–Crippen MR) is 57.7 cm³/mol. The van der Waals surface area contributed by atoms with E-state index in [1.165, 1.54) is 18.2 Å². The second kappa shape index (κ2) is 4.14. The summed E-state index contributed by atoms with van der Waals surface area (Å²) in [5, 5.41) is 7.51. The first-order chi connectivity index (χ1) is 7.65. The molecule has 4 nitrogen and oxygen atoms in total. The topological polar surface area (TPSA) is 61.0 Å². The Kier molecular flexibility index (Phi) is 2.68. The first kappa shape index (κ1) is 10.4. The molecule has 0 radical (unpaired) electrons. The van der Waals surface area contributed by atoms with E-state index in [9.17, 15) is 4.39 Å². The normalized spacial score (nSPS) is 10.1. The van der Waals surface area contributed by atoms with Crippen LogP contribution in [0.25, 0.3) is 0 Å². The summed E-state index contributed by atoms with van der Waals surface area (Å²) in [4.78, 5) is 0. The maximum atomic E-state index is 12.8. The van der Waals surface area contributed by atoms with Crippen molar-refractivity contribution in [3.8, 4) is 11.6 Å². The summed E-state index contributed by atoms with van der Waals surface area (Å²) in [6.07, 6.45) is 1.61. The molecule has 2 aromatic rings. The zero-order valence-corrected chi connectivity index (χ0v) is 8.64. The Bertz CT molecular complexity index is 516. The summed E-state index contributed by atoms with van der Waals surface area (Å²) in [7, 11) is 0. The van der Waals surface area contributed by atoms with Crippen molar-refractivity contribution < 1.29 is 9.13 Å². The minimum Gasteiger partial charge on any atom is -0.435 e. The van der Waals surface area contributed by atoms with E-state index >= 15 is 0 Å². The van der Waals surface area contributed by atoms with Crippen molar-refractivity contribution in [3.63, 3.8) is 0 Å². The molecule has 0 saturated heterocycles. The molecule has 0 aliphatic carbocycles. The molecule has 16 heavy (non-hydrogen) atoms. The van der Waals surface area contributed by atoms with Gasteiger partial charge in [-0.1, -0.05) is 0 Å². The van der Waals surface area contributed by atoms with Crippen molar-refractivity contribution in [2.45, 2.75) is 6.92 Å². The van der Waals surface area contributed by atoms with E-state index in [4.69, 9.17) is 10.5 Å². The molecule has 1 heterocycles. The number of benzene rings is 1. The van der Waals surface area contributed by atoms with Crippen LogP contribution in [0.1, 0.15) is 5.56 Å². The summed E-state index contributed by atoms with van der Waals surface area (Å²) in [6, 6.07) is 5.64. The number of anilines is 1. The Hall–Kier alpha value is -2.17. The van der Waals surface area contributed by atoms with Gasteiger partial charge in [-0.3, -0.25) is 0 Å². The molecule has 2 rings (SSSR count). The van der Waals surface area contributed by atoms with Gasteiger partial charge in [-0.25, -0.2) is 4.39 Å². The lowest BCUT2D eigenvalue weighted by Crippen LogP contribution is -1.95. The van der Waals surface area contributed by atoms with Gasteiger partial charge in [0, 0.05) is 12.1 Å². The van der Waals surface area contributed by atoms with Gasteiger partial charge in [0.1, 0.15) is 5.82 Å². The number of hydrogen-bond acceptors (Lipinski definition) is 4. The molecule has 0 unspecified atom stereocenters. The van der Waals surface area contributed by atoms with Crippen molar-refractivity contribution in [2.75, 3.05) is 5.73 Å². The van der Waals surface area contributed by atoms with E-state index in [1.807, 2.05) is 6.92 Å². The van der Waals surface area contributed by atoms with Crippen LogP contribution in [0.4, 0.5) is 10.1 Å². The molecule has 1 aromatic heterocycles. The second-order valence-electron chi connectivity index (χ2n) is 3.36. The minimum absolute atomic E-state index is 0.225.